The zero-order valence-corrected chi connectivity index (χ0v) is 25.7. The van der Waals surface area contributed by atoms with Gasteiger partial charge in [0, 0.05) is 47.6 Å². The molecule has 0 aliphatic carbocycles. The largest absolute Gasteiger partial charge is 0.338 e. The Bertz CT molecular complexity index is 2720. The van der Waals surface area contributed by atoms with E-state index in [1.165, 1.54) is 9.40 Å². The van der Waals surface area contributed by atoms with Crippen molar-refractivity contribution >= 4 is 64.3 Å². The molecule has 47 heavy (non-hydrogen) atoms. The van der Waals surface area contributed by atoms with Crippen LogP contribution in [0.5, 0.6) is 0 Å². The van der Waals surface area contributed by atoms with Crippen LogP contribution in [0, 0.1) is 0 Å². The third-order valence-corrected chi connectivity index (χ3v) is 9.96. The summed E-state index contributed by atoms with van der Waals surface area (Å²) < 4.78 is 4.51. The Kier molecular flexibility index (Phi) is 5.64. The van der Waals surface area contributed by atoms with E-state index in [1.807, 2.05) is 36.4 Å². The average Bonchev–Trinajstić information content (AvgIpc) is 3.83. The fourth-order valence-electron chi connectivity index (χ4n) is 6.77. The first-order chi connectivity index (χ1) is 23.3. The summed E-state index contributed by atoms with van der Waals surface area (Å²) >= 11 is 1.77. The summed E-state index contributed by atoms with van der Waals surface area (Å²) in [4.78, 5) is 24.1. The van der Waals surface area contributed by atoms with Crippen LogP contribution in [-0.4, -0.2) is 29.5 Å². The van der Waals surface area contributed by atoms with Gasteiger partial charge in [0.25, 0.3) is 0 Å². The van der Waals surface area contributed by atoms with E-state index in [0.717, 1.165) is 66.1 Å². The number of para-hydroxylation sites is 4. The van der Waals surface area contributed by atoms with Crippen LogP contribution in [-0.2, 0) is 0 Å². The van der Waals surface area contributed by atoms with Gasteiger partial charge in [-0.15, -0.1) is 11.3 Å². The number of imidazole rings is 1. The van der Waals surface area contributed by atoms with Gasteiger partial charge < -0.3 is 4.98 Å². The number of nitrogens with zero attached hydrogens (tertiary/aromatic N) is 5. The third-order valence-electron chi connectivity index (χ3n) is 8.84. The maximum absolute atomic E-state index is 5.27. The predicted octanol–water partition coefficient (Wildman–Crippen LogP) is 10.2. The normalized spacial score (nSPS) is 11.8. The number of H-pyrrole nitrogens is 1. The average molecular weight is 621 g/mol. The van der Waals surface area contributed by atoms with Crippen molar-refractivity contribution in [3.05, 3.63) is 140 Å². The molecule has 6 nitrogen and oxygen atoms in total. The molecule has 4 heterocycles. The van der Waals surface area contributed by atoms with Gasteiger partial charge in [0.05, 0.1) is 22.1 Å². The molecule has 4 aromatic heterocycles. The summed E-state index contributed by atoms with van der Waals surface area (Å²) in [6.07, 6.45) is 0. The topological polar surface area (TPSA) is 72.3 Å². The molecule has 0 atom stereocenters. The molecule has 0 aliphatic rings. The van der Waals surface area contributed by atoms with Crippen molar-refractivity contribution in [2.75, 3.05) is 0 Å². The molecular formula is C40H24N6S. The van der Waals surface area contributed by atoms with Crippen LogP contribution in [0.3, 0.4) is 0 Å². The predicted molar refractivity (Wildman–Crippen MR) is 193 cm³/mol. The highest BCUT2D eigenvalue weighted by atomic mass is 32.1. The second-order valence-corrected chi connectivity index (χ2v) is 12.7. The van der Waals surface area contributed by atoms with E-state index >= 15 is 0 Å². The number of fused-ring (bicyclic) bond motifs is 7. The molecule has 0 radical (unpaired) electrons. The molecule has 10 rings (SSSR count). The number of rotatable bonds is 4. The highest BCUT2D eigenvalue weighted by Gasteiger charge is 2.21. The number of benzene rings is 6. The zero-order chi connectivity index (χ0) is 30.9. The second-order valence-electron chi connectivity index (χ2n) is 11.6. The number of aromatic amines is 1. The smallest absolute Gasteiger partial charge is 0.238 e. The van der Waals surface area contributed by atoms with Crippen LogP contribution < -0.4 is 0 Å². The summed E-state index contributed by atoms with van der Waals surface area (Å²) in [6.45, 7) is 0. The van der Waals surface area contributed by atoms with Crippen LogP contribution in [0.25, 0.3) is 93.1 Å². The maximum atomic E-state index is 5.27. The van der Waals surface area contributed by atoms with Gasteiger partial charge in [-0.05, 0) is 36.4 Å². The minimum Gasteiger partial charge on any atom is -0.338 e. The Balaban J connectivity index is 1.29. The molecule has 0 saturated carbocycles. The van der Waals surface area contributed by atoms with Gasteiger partial charge in [-0.1, -0.05) is 103 Å². The van der Waals surface area contributed by atoms with Gasteiger partial charge in [-0.25, -0.2) is 9.97 Å². The Morgan fingerprint density at radius 3 is 1.85 bits per heavy atom. The van der Waals surface area contributed by atoms with E-state index in [9.17, 15) is 0 Å². The Labute approximate surface area is 272 Å². The fraction of sp³-hybridized carbons (Fsp3) is 0. The zero-order valence-electron chi connectivity index (χ0n) is 24.9. The number of aromatic nitrogens is 6. The first-order valence-corrected chi connectivity index (χ1v) is 16.3. The molecule has 0 aliphatic heterocycles. The maximum Gasteiger partial charge on any atom is 0.238 e. The van der Waals surface area contributed by atoms with E-state index in [1.54, 1.807) is 11.3 Å². The molecule has 10 aromatic rings. The van der Waals surface area contributed by atoms with Crippen LogP contribution in [0.15, 0.2) is 140 Å². The Morgan fingerprint density at radius 1 is 0.489 bits per heavy atom. The van der Waals surface area contributed by atoms with Crippen molar-refractivity contribution in [2.24, 2.45) is 0 Å². The van der Waals surface area contributed by atoms with Crippen molar-refractivity contribution in [1.29, 1.82) is 0 Å². The lowest BCUT2D eigenvalue weighted by atomic mass is 10.0. The molecular weight excluding hydrogens is 597 g/mol. The van der Waals surface area contributed by atoms with Crippen molar-refractivity contribution in [2.45, 2.75) is 0 Å². The van der Waals surface area contributed by atoms with Crippen molar-refractivity contribution in [3.8, 4) is 40.1 Å². The van der Waals surface area contributed by atoms with E-state index < -0.39 is 0 Å². The molecule has 0 saturated heterocycles. The molecule has 1 N–H and O–H groups in total. The van der Waals surface area contributed by atoms with Gasteiger partial charge in [0.2, 0.25) is 5.95 Å². The molecule has 0 spiro atoms. The second kappa shape index (κ2) is 10.2. The third kappa shape index (κ3) is 4.03. The molecule has 0 bridgehead atoms. The van der Waals surface area contributed by atoms with Gasteiger partial charge in [-0.2, -0.15) is 9.97 Å². The minimum atomic E-state index is 0.584. The summed E-state index contributed by atoms with van der Waals surface area (Å²) in [5, 5.41) is 4.57. The van der Waals surface area contributed by atoms with Crippen LogP contribution >= 0.6 is 11.3 Å². The highest BCUT2D eigenvalue weighted by molar-refractivity contribution is 7.26. The van der Waals surface area contributed by atoms with Gasteiger partial charge >= 0.3 is 0 Å². The lowest BCUT2D eigenvalue weighted by molar-refractivity contribution is 0.954. The number of hydrogen-bond donors (Lipinski definition) is 1. The summed E-state index contributed by atoms with van der Waals surface area (Å²) in [5.41, 5.74) is 7.01. The van der Waals surface area contributed by atoms with E-state index in [0.29, 0.717) is 17.6 Å². The minimum absolute atomic E-state index is 0.584. The molecule has 220 valence electrons. The fourth-order valence-corrected chi connectivity index (χ4v) is 7.93. The number of hydrogen-bond acceptors (Lipinski definition) is 5. The lowest BCUT2D eigenvalue weighted by Crippen LogP contribution is -2.06. The van der Waals surface area contributed by atoms with E-state index in [4.69, 9.17) is 19.9 Å². The highest BCUT2D eigenvalue weighted by Crippen LogP contribution is 2.44. The molecule has 7 heteroatoms. The Morgan fingerprint density at radius 2 is 1.11 bits per heavy atom. The first-order valence-electron chi connectivity index (χ1n) is 15.5. The van der Waals surface area contributed by atoms with Crippen LogP contribution in [0.1, 0.15) is 0 Å². The molecule has 0 fully saturated rings. The van der Waals surface area contributed by atoms with Crippen molar-refractivity contribution in [3.63, 3.8) is 0 Å². The summed E-state index contributed by atoms with van der Waals surface area (Å²) in [6, 6.07) is 48.0. The van der Waals surface area contributed by atoms with Gasteiger partial charge in [0.15, 0.2) is 11.6 Å². The van der Waals surface area contributed by atoms with E-state index in [-0.39, 0.29) is 0 Å². The monoisotopic (exact) mass is 620 g/mol. The summed E-state index contributed by atoms with van der Waals surface area (Å²) in [7, 11) is 0. The van der Waals surface area contributed by atoms with Crippen molar-refractivity contribution < 1.29 is 0 Å². The number of thiophene rings is 1. The van der Waals surface area contributed by atoms with Crippen molar-refractivity contribution in [1.82, 2.24) is 29.5 Å². The quantitative estimate of drug-likeness (QED) is 0.213. The lowest BCUT2D eigenvalue weighted by Gasteiger charge is -2.12. The van der Waals surface area contributed by atoms with E-state index in [2.05, 4.69) is 113 Å². The van der Waals surface area contributed by atoms with Crippen LogP contribution in [0.2, 0.25) is 0 Å². The van der Waals surface area contributed by atoms with Gasteiger partial charge in [-0.3, -0.25) is 4.57 Å². The SMILES string of the molecule is c1ccc(-c2nc(-c3cccc4sc5cccc(-c6nc7ccccc7[nH]6)c5c34)nc(-n3c4ccccc4c4ccccc43)n2)cc1. The van der Waals surface area contributed by atoms with Gasteiger partial charge in [0.1, 0.15) is 5.82 Å². The summed E-state index contributed by atoms with van der Waals surface area (Å²) in [5.74, 6) is 2.68. The first kappa shape index (κ1) is 26.1. The molecule has 0 amide bonds. The standard InChI is InChI=1S/C40H24N6S/c1-2-12-24(13-3-1)37-43-39(45-40(44-37)46-31-20-8-4-14-25(31)26-15-5-9-21-32(26)46)28-17-11-23-34-36(28)35-27(16-10-22-33(35)47-34)38-41-29-18-6-7-19-30(29)42-38/h1-23H,(H,41,42). The number of nitrogens with one attached hydrogen (secondary N) is 1. The Hall–Kier alpha value is -6.18. The van der Waals surface area contributed by atoms with Crippen LogP contribution in [0.4, 0.5) is 0 Å². The molecule has 0 unspecified atom stereocenters. The molecule has 6 aromatic carbocycles.